The molecule has 1 saturated heterocycles. The number of rotatable bonds is 12. The van der Waals surface area contributed by atoms with Gasteiger partial charge in [0.1, 0.15) is 17.9 Å². The number of alkyl carbamates (subject to hydrolysis) is 1. The van der Waals surface area contributed by atoms with Gasteiger partial charge in [0.25, 0.3) is 5.56 Å². The molecule has 1 unspecified atom stereocenters. The van der Waals surface area contributed by atoms with Gasteiger partial charge < -0.3 is 25.4 Å². The van der Waals surface area contributed by atoms with Crippen molar-refractivity contribution in [3.63, 3.8) is 0 Å². The van der Waals surface area contributed by atoms with Crippen LogP contribution < -0.4 is 26.2 Å². The fourth-order valence-electron chi connectivity index (χ4n) is 5.94. The number of pyridine rings is 1. The van der Waals surface area contributed by atoms with Gasteiger partial charge in [-0.2, -0.15) is 18.3 Å². The summed E-state index contributed by atoms with van der Waals surface area (Å²) in [6, 6.07) is 15.8. The summed E-state index contributed by atoms with van der Waals surface area (Å²) in [4.78, 5) is 41.5. The van der Waals surface area contributed by atoms with Crippen LogP contribution >= 0.6 is 23.2 Å². The topological polar surface area (TPSA) is 141 Å². The zero-order chi connectivity index (χ0) is 37.9. The van der Waals surface area contributed by atoms with E-state index in [1.54, 1.807) is 42.6 Å². The maximum atomic E-state index is 13.2. The number of nitrogens with zero attached hydrogens (tertiary/aromatic N) is 4. The van der Waals surface area contributed by atoms with E-state index >= 15 is 0 Å². The fourth-order valence-corrected chi connectivity index (χ4v) is 6.61. The Morgan fingerprint density at radius 2 is 1.74 bits per heavy atom. The van der Waals surface area contributed by atoms with Crippen molar-refractivity contribution in [2.24, 2.45) is 7.05 Å². The van der Waals surface area contributed by atoms with Crippen LogP contribution in [-0.4, -0.2) is 63.6 Å². The standard InChI is InChI=1S/C36H34Cl2F3N7O5/c1-47-29(17-42-14-13-36(39,40)41)46-48-18-21(15-28(48)34(47)50)23-5-3-6-24(31(23)37)25-7-4-8-26(32(25)38)27-11-9-20(33(45-27)52-2)19-53-35(51)43-16-22-10-12-30(49)44-22/h3-9,11,15,18,22,42H,10,12-14,16-17,19H2,1-2H3,(H,43,51)(H,44,49). The zero-order valence-corrected chi connectivity index (χ0v) is 30.0. The molecule has 0 radical (unpaired) electrons. The highest BCUT2D eigenvalue weighted by Gasteiger charge is 2.26. The Kier molecular flexibility index (Phi) is 11.3. The van der Waals surface area contributed by atoms with E-state index in [2.05, 4.69) is 26.0 Å². The molecule has 1 aliphatic rings. The second kappa shape index (κ2) is 15.9. The zero-order valence-electron chi connectivity index (χ0n) is 28.5. The summed E-state index contributed by atoms with van der Waals surface area (Å²) in [6.07, 6.45) is -3.22. The van der Waals surface area contributed by atoms with Crippen LogP contribution in [0.5, 0.6) is 5.88 Å². The van der Waals surface area contributed by atoms with Gasteiger partial charge in [-0.05, 0) is 24.6 Å². The van der Waals surface area contributed by atoms with Crippen molar-refractivity contribution in [2.45, 2.75) is 44.6 Å². The molecule has 6 rings (SSSR count). The molecular weight excluding hydrogens is 738 g/mol. The van der Waals surface area contributed by atoms with Gasteiger partial charge in [-0.25, -0.2) is 14.3 Å². The maximum absolute atomic E-state index is 13.2. The number of aromatic nitrogens is 4. The molecule has 3 aromatic heterocycles. The molecule has 17 heteroatoms. The van der Waals surface area contributed by atoms with Crippen molar-refractivity contribution in [3.8, 4) is 39.4 Å². The largest absolute Gasteiger partial charge is 0.481 e. The highest BCUT2D eigenvalue weighted by Crippen LogP contribution is 2.42. The van der Waals surface area contributed by atoms with Crippen LogP contribution in [0.15, 0.2) is 65.6 Å². The van der Waals surface area contributed by atoms with Crippen LogP contribution in [-0.2, 0) is 29.7 Å². The maximum Gasteiger partial charge on any atom is 0.407 e. The third kappa shape index (κ3) is 8.58. The number of fused-ring (bicyclic) bond motifs is 1. The smallest absolute Gasteiger partial charge is 0.407 e. The third-order valence-electron chi connectivity index (χ3n) is 8.75. The van der Waals surface area contributed by atoms with E-state index in [0.29, 0.717) is 62.0 Å². The first-order valence-electron chi connectivity index (χ1n) is 16.5. The van der Waals surface area contributed by atoms with Gasteiger partial charge in [-0.3, -0.25) is 14.2 Å². The Balaban J connectivity index is 1.21. The number of alkyl halides is 3. The van der Waals surface area contributed by atoms with Crippen LogP contribution in [0.1, 0.15) is 30.7 Å². The normalized spacial score (nSPS) is 14.4. The summed E-state index contributed by atoms with van der Waals surface area (Å²) in [6.45, 7) is -0.187. The average Bonchev–Trinajstić information content (AvgIpc) is 3.76. The first-order chi connectivity index (χ1) is 25.3. The molecular formula is C36H34Cl2F3N7O5. The van der Waals surface area contributed by atoms with E-state index in [4.69, 9.17) is 32.7 Å². The van der Waals surface area contributed by atoms with E-state index in [1.807, 2.05) is 18.2 Å². The van der Waals surface area contributed by atoms with E-state index < -0.39 is 18.7 Å². The molecule has 4 heterocycles. The van der Waals surface area contributed by atoms with E-state index in [9.17, 15) is 27.6 Å². The van der Waals surface area contributed by atoms with Gasteiger partial charge in [-0.15, -0.1) is 0 Å². The van der Waals surface area contributed by atoms with Gasteiger partial charge in [-0.1, -0.05) is 59.6 Å². The Morgan fingerprint density at radius 3 is 2.42 bits per heavy atom. The molecule has 0 saturated carbocycles. The van der Waals surface area contributed by atoms with E-state index in [1.165, 1.54) is 23.2 Å². The van der Waals surface area contributed by atoms with E-state index in [0.717, 1.165) is 0 Å². The Morgan fingerprint density at radius 1 is 1.04 bits per heavy atom. The molecule has 0 spiro atoms. The predicted molar refractivity (Wildman–Crippen MR) is 193 cm³/mol. The van der Waals surface area contributed by atoms with Crippen molar-refractivity contribution in [3.05, 3.63) is 92.6 Å². The molecule has 0 aliphatic carbocycles. The minimum Gasteiger partial charge on any atom is -0.481 e. The summed E-state index contributed by atoms with van der Waals surface area (Å²) in [7, 11) is 2.96. The number of carbonyl (C=O) groups excluding carboxylic acids is 2. The van der Waals surface area contributed by atoms with Gasteiger partial charge in [0.05, 0.1) is 41.4 Å². The number of carbonyl (C=O) groups is 2. The van der Waals surface area contributed by atoms with Crippen molar-refractivity contribution in [1.29, 1.82) is 0 Å². The van der Waals surface area contributed by atoms with Gasteiger partial charge >= 0.3 is 12.3 Å². The summed E-state index contributed by atoms with van der Waals surface area (Å²) in [5.41, 5.74) is 3.92. The minimum atomic E-state index is -4.29. The number of methoxy groups -OCH3 is 1. The average molecular weight is 773 g/mol. The molecule has 12 nitrogen and oxygen atoms in total. The lowest BCUT2D eigenvalue weighted by molar-refractivity contribution is -0.133. The molecule has 0 bridgehead atoms. The summed E-state index contributed by atoms with van der Waals surface area (Å²) in [5.74, 6) is 0.455. The first-order valence-corrected chi connectivity index (χ1v) is 17.3. The Labute approximate surface area is 311 Å². The van der Waals surface area contributed by atoms with Crippen LogP contribution in [0.4, 0.5) is 18.0 Å². The fraction of sp³-hybridized carbons (Fsp3) is 0.306. The predicted octanol–water partition coefficient (Wildman–Crippen LogP) is 6.29. The molecule has 2 amide bonds. The van der Waals surface area contributed by atoms with Gasteiger partial charge in [0.15, 0.2) is 0 Å². The lowest BCUT2D eigenvalue weighted by Gasteiger charge is -2.15. The SMILES string of the molecule is COc1nc(-c2cccc(-c3cccc(-c4cc5c(=O)n(C)c(CNCCC(F)(F)F)nn5c4)c3Cl)c2Cl)ccc1COC(=O)NCC1CCC(=O)N1. The molecule has 2 aromatic carbocycles. The number of benzene rings is 2. The van der Waals surface area contributed by atoms with E-state index in [-0.39, 0.29) is 61.0 Å². The van der Waals surface area contributed by atoms with Crippen LogP contribution in [0, 0.1) is 0 Å². The third-order valence-corrected chi connectivity index (χ3v) is 9.56. The van der Waals surface area contributed by atoms with Crippen LogP contribution in [0.25, 0.3) is 39.0 Å². The second-order valence-corrected chi connectivity index (χ2v) is 13.1. The highest BCUT2D eigenvalue weighted by atomic mass is 35.5. The van der Waals surface area contributed by atoms with Crippen molar-refractivity contribution < 1.29 is 32.2 Å². The summed E-state index contributed by atoms with van der Waals surface area (Å²) < 4.78 is 51.2. The van der Waals surface area contributed by atoms with Crippen molar-refractivity contribution in [2.75, 3.05) is 20.2 Å². The molecule has 5 aromatic rings. The van der Waals surface area contributed by atoms with Crippen molar-refractivity contribution in [1.82, 2.24) is 35.1 Å². The summed E-state index contributed by atoms with van der Waals surface area (Å²) in [5, 5.41) is 13.3. The van der Waals surface area contributed by atoms with Crippen LogP contribution in [0.3, 0.4) is 0 Å². The molecule has 1 aliphatic heterocycles. The van der Waals surface area contributed by atoms with Gasteiger partial charge in [0.2, 0.25) is 11.8 Å². The first kappa shape index (κ1) is 37.6. The second-order valence-electron chi connectivity index (χ2n) is 12.3. The Bertz CT molecular complexity index is 2240. The number of halogens is 5. The number of amides is 2. The molecule has 278 valence electrons. The number of hydrogen-bond acceptors (Lipinski definition) is 8. The summed E-state index contributed by atoms with van der Waals surface area (Å²) >= 11 is 14.0. The molecule has 3 N–H and O–H groups in total. The molecule has 1 fully saturated rings. The number of hydrogen-bond donors (Lipinski definition) is 3. The minimum absolute atomic E-state index is 0.0337. The molecule has 1 atom stereocenters. The van der Waals surface area contributed by atoms with Crippen molar-refractivity contribution >= 4 is 40.7 Å². The lowest BCUT2D eigenvalue weighted by Crippen LogP contribution is -2.38. The van der Waals surface area contributed by atoms with Crippen LogP contribution in [0.2, 0.25) is 10.0 Å². The van der Waals surface area contributed by atoms with Gasteiger partial charge in [0, 0.05) is 66.6 Å². The number of ether oxygens (including phenoxy) is 2. The molecule has 53 heavy (non-hydrogen) atoms. The monoisotopic (exact) mass is 771 g/mol. The Hall–Kier alpha value is -5.12. The lowest BCUT2D eigenvalue weighted by atomic mass is 9.97. The number of nitrogens with one attached hydrogen (secondary N) is 3. The quantitative estimate of drug-likeness (QED) is 0.126. The highest BCUT2D eigenvalue weighted by molar-refractivity contribution is 6.39.